The van der Waals surface area contributed by atoms with Gasteiger partial charge < -0.3 is 10.1 Å². The molecule has 0 saturated carbocycles. The van der Waals surface area contributed by atoms with Crippen molar-refractivity contribution in [2.24, 2.45) is 0 Å². The number of hydrogen-bond donors (Lipinski definition) is 2. The molecule has 0 fully saturated rings. The summed E-state index contributed by atoms with van der Waals surface area (Å²) in [5.74, 6) is -1.09. The molecule has 7 nitrogen and oxygen atoms in total. The van der Waals surface area contributed by atoms with E-state index < -0.39 is 18.5 Å². The minimum Gasteiger partial charge on any atom is -0.455 e. The molecule has 2 aromatic carbocycles. The number of nitrogens with one attached hydrogen (secondary N) is 2. The van der Waals surface area contributed by atoms with E-state index in [9.17, 15) is 14.4 Å². The zero-order chi connectivity index (χ0) is 19.4. The van der Waals surface area contributed by atoms with Crippen molar-refractivity contribution < 1.29 is 14.3 Å². The molecule has 1 heterocycles. The molecule has 27 heavy (non-hydrogen) atoms. The fraction of sp³-hybridized carbons (Fsp3) is 0.158. The fourth-order valence-electron chi connectivity index (χ4n) is 2.59. The third-order valence-corrected chi connectivity index (χ3v) is 4.15. The molecule has 138 valence electrons. The van der Waals surface area contributed by atoms with Gasteiger partial charge in [0.1, 0.15) is 0 Å². The zero-order valence-electron chi connectivity index (χ0n) is 14.4. The van der Waals surface area contributed by atoms with Crippen molar-refractivity contribution in [1.82, 2.24) is 10.2 Å². The number of halogens is 1. The van der Waals surface area contributed by atoms with Gasteiger partial charge in [-0.15, -0.1) is 0 Å². The first-order valence-corrected chi connectivity index (χ1v) is 8.50. The lowest BCUT2D eigenvalue weighted by molar-refractivity contribution is -0.146. The lowest BCUT2D eigenvalue weighted by atomic mass is 10.1. The first kappa shape index (κ1) is 18.6. The lowest BCUT2D eigenvalue weighted by Crippen LogP contribution is -2.22. The highest BCUT2D eigenvalue weighted by molar-refractivity contribution is 6.30. The second-order valence-electron chi connectivity index (χ2n) is 5.89. The molecule has 8 heteroatoms. The molecule has 1 aromatic heterocycles. The van der Waals surface area contributed by atoms with Crippen LogP contribution in [0.1, 0.15) is 11.3 Å². The largest absolute Gasteiger partial charge is 0.455 e. The number of esters is 1. The highest BCUT2D eigenvalue weighted by atomic mass is 35.5. The molecule has 0 aliphatic carbocycles. The zero-order valence-corrected chi connectivity index (χ0v) is 15.2. The Hall–Kier alpha value is -3.19. The van der Waals surface area contributed by atoms with Gasteiger partial charge in [0.05, 0.1) is 17.5 Å². The number of fused-ring (bicyclic) bond motifs is 1. The van der Waals surface area contributed by atoms with Gasteiger partial charge in [-0.3, -0.25) is 14.4 Å². The number of aryl methyl sites for hydroxylation is 1. The topological polar surface area (TPSA) is 101 Å². The summed E-state index contributed by atoms with van der Waals surface area (Å²) >= 11 is 5.87. The van der Waals surface area contributed by atoms with E-state index in [-0.39, 0.29) is 12.0 Å². The Kier molecular flexibility index (Phi) is 5.52. The summed E-state index contributed by atoms with van der Waals surface area (Å²) in [6.45, 7) is 1.38. The Labute approximate surface area is 159 Å². The van der Waals surface area contributed by atoms with Crippen molar-refractivity contribution in [3.8, 4) is 0 Å². The second-order valence-corrected chi connectivity index (χ2v) is 6.33. The molecule has 0 spiro atoms. The van der Waals surface area contributed by atoms with E-state index >= 15 is 0 Å². The van der Waals surface area contributed by atoms with Crippen LogP contribution in [0.25, 0.3) is 10.8 Å². The normalized spacial score (nSPS) is 10.6. The highest BCUT2D eigenvalue weighted by Gasteiger charge is 2.14. The molecule has 0 aliphatic rings. The van der Waals surface area contributed by atoms with Gasteiger partial charge in [0, 0.05) is 16.1 Å². The maximum atomic E-state index is 12.1. The van der Waals surface area contributed by atoms with Gasteiger partial charge in [0.15, 0.2) is 6.61 Å². The van der Waals surface area contributed by atoms with Crippen molar-refractivity contribution in [1.29, 1.82) is 0 Å². The van der Waals surface area contributed by atoms with Crippen molar-refractivity contribution in [2.75, 3.05) is 11.9 Å². The third-order valence-electron chi connectivity index (χ3n) is 3.91. The van der Waals surface area contributed by atoms with Crippen molar-refractivity contribution in [3.63, 3.8) is 0 Å². The first-order chi connectivity index (χ1) is 12.9. The Balaban J connectivity index is 1.61. The predicted molar refractivity (Wildman–Crippen MR) is 102 cm³/mol. The molecule has 0 saturated heterocycles. The van der Waals surface area contributed by atoms with Crippen LogP contribution < -0.4 is 10.9 Å². The molecular formula is C19H16ClN3O4. The Morgan fingerprint density at radius 2 is 1.93 bits per heavy atom. The second kappa shape index (κ2) is 8.01. The number of H-pyrrole nitrogens is 1. The van der Waals surface area contributed by atoms with Gasteiger partial charge in [0.25, 0.3) is 11.5 Å². The summed E-state index contributed by atoms with van der Waals surface area (Å²) in [7, 11) is 0. The van der Waals surface area contributed by atoms with Crippen molar-refractivity contribution in [3.05, 3.63) is 69.1 Å². The van der Waals surface area contributed by atoms with Crippen LogP contribution in [-0.2, 0) is 20.7 Å². The Morgan fingerprint density at radius 1 is 1.19 bits per heavy atom. The molecule has 2 N–H and O–H groups in total. The number of carbonyl (C=O) groups is 2. The summed E-state index contributed by atoms with van der Waals surface area (Å²) in [6.07, 6.45) is -0.162. The molecule has 0 unspecified atom stereocenters. The Bertz CT molecular complexity index is 1080. The monoisotopic (exact) mass is 385 g/mol. The number of aromatic amines is 1. The maximum absolute atomic E-state index is 12.1. The fourth-order valence-corrected chi connectivity index (χ4v) is 2.82. The SMILES string of the molecule is Cc1cc(Cl)ccc1NC(=O)COC(=O)Cc1n[nH]c(=O)c2ccccc12. The number of benzene rings is 2. The van der Waals surface area contributed by atoms with E-state index in [1.165, 1.54) is 0 Å². The van der Waals surface area contributed by atoms with Gasteiger partial charge in [-0.25, -0.2) is 5.10 Å². The number of nitrogens with zero attached hydrogens (tertiary/aromatic N) is 1. The summed E-state index contributed by atoms with van der Waals surface area (Å²) < 4.78 is 5.01. The van der Waals surface area contributed by atoms with Crippen LogP contribution in [0, 0.1) is 6.92 Å². The van der Waals surface area contributed by atoms with Crippen molar-refractivity contribution in [2.45, 2.75) is 13.3 Å². The van der Waals surface area contributed by atoms with E-state index in [0.717, 1.165) is 5.56 Å². The van der Waals surface area contributed by atoms with Gasteiger partial charge >= 0.3 is 5.97 Å². The average molecular weight is 386 g/mol. The standard InChI is InChI=1S/C19H16ClN3O4/c1-11-8-12(20)6-7-15(11)21-17(24)10-27-18(25)9-16-13-4-2-3-5-14(13)19(26)23-22-16/h2-8H,9-10H2,1H3,(H,21,24)(H,23,26). The minimum absolute atomic E-state index is 0.162. The molecule has 0 aliphatic heterocycles. The smallest absolute Gasteiger partial charge is 0.312 e. The van der Waals surface area contributed by atoms with Crippen LogP contribution in [0.5, 0.6) is 0 Å². The van der Waals surface area contributed by atoms with E-state index in [4.69, 9.17) is 16.3 Å². The van der Waals surface area contributed by atoms with E-state index in [1.54, 1.807) is 49.4 Å². The summed E-state index contributed by atoms with van der Waals surface area (Å²) in [5.41, 5.74) is 1.43. The number of anilines is 1. The van der Waals surface area contributed by atoms with Crippen LogP contribution in [0.4, 0.5) is 5.69 Å². The van der Waals surface area contributed by atoms with Crippen molar-refractivity contribution >= 4 is 39.9 Å². The van der Waals surface area contributed by atoms with E-state index in [2.05, 4.69) is 15.5 Å². The van der Waals surface area contributed by atoms with Crippen LogP contribution in [0.15, 0.2) is 47.3 Å². The minimum atomic E-state index is -0.623. The highest BCUT2D eigenvalue weighted by Crippen LogP contribution is 2.19. The summed E-state index contributed by atoms with van der Waals surface area (Å²) in [4.78, 5) is 35.8. The molecule has 0 atom stereocenters. The Morgan fingerprint density at radius 3 is 2.67 bits per heavy atom. The molecular weight excluding hydrogens is 370 g/mol. The van der Waals surface area contributed by atoms with Crippen LogP contribution in [0.3, 0.4) is 0 Å². The molecule has 0 radical (unpaired) electrons. The number of carbonyl (C=O) groups excluding carboxylic acids is 2. The van der Waals surface area contributed by atoms with Crippen LogP contribution in [-0.4, -0.2) is 28.7 Å². The quantitative estimate of drug-likeness (QED) is 0.657. The van der Waals surface area contributed by atoms with Gasteiger partial charge in [-0.05, 0) is 36.8 Å². The van der Waals surface area contributed by atoms with Gasteiger partial charge in [-0.1, -0.05) is 29.8 Å². The molecule has 3 rings (SSSR count). The van der Waals surface area contributed by atoms with Crippen LogP contribution in [0.2, 0.25) is 5.02 Å². The molecule has 3 aromatic rings. The molecule has 0 bridgehead atoms. The number of amides is 1. The lowest BCUT2D eigenvalue weighted by Gasteiger charge is -2.09. The number of aromatic nitrogens is 2. The first-order valence-electron chi connectivity index (χ1n) is 8.12. The average Bonchev–Trinajstić information content (AvgIpc) is 2.65. The number of hydrogen-bond acceptors (Lipinski definition) is 5. The molecule has 1 amide bonds. The van der Waals surface area contributed by atoms with Gasteiger partial charge in [0.2, 0.25) is 0 Å². The summed E-state index contributed by atoms with van der Waals surface area (Å²) in [5, 5.41) is 10.5. The number of ether oxygens (including phenoxy) is 1. The van der Waals surface area contributed by atoms with Crippen LogP contribution >= 0.6 is 11.6 Å². The summed E-state index contributed by atoms with van der Waals surface area (Å²) in [6, 6.07) is 11.9. The van der Waals surface area contributed by atoms with Gasteiger partial charge in [-0.2, -0.15) is 5.10 Å². The van der Waals surface area contributed by atoms with E-state index in [1.807, 2.05) is 0 Å². The maximum Gasteiger partial charge on any atom is 0.312 e. The van der Waals surface area contributed by atoms with E-state index in [0.29, 0.717) is 27.2 Å². The third kappa shape index (κ3) is 4.51. The number of rotatable bonds is 5. The predicted octanol–water partition coefficient (Wildman–Crippen LogP) is 2.61.